The molecule has 2 heterocycles. The molecule has 0 radical (unpaired) electrons. The molecule has 1 unspecified atom stereocenters. The minimum absolute atomic E-state index is 0.0518. The molecule has 0 aromatic carbocycles. The maximum atomic E-state index is 8.90. The average molecular weight is 209 g/mol. The largest absolute Gasteiger partial charge is 0.493 e. The number of aliphatic hydroxyl groups excluding tert-OH is 1. The summed E-state index contributed by atoms with van der Waals surface area (Å²) in [5.41, 5.74) is 0.634. The molecule has 0 saturated carbocycles. The Hall–Kier alpha value is -1.13. The molecule has 0 aliphatic carbocycles. The zero-order valence-electron chi connectivity index (χ0n) is 8.56. The lowest BCUT2D eigenvalue weighted by Gasteiger charge is -2.10. The summed E-state index contributed by atoms with van der Waals surface area (Å²) in [6.45, 7) is 2.25. The molecule has 1 fully saturated rings. The highest BCUT2D eigenvalue weighted by Gasteiger charge is 2.16. The highest BCUT2D eigenvalue weighted by atomic mass is 16.5. The molecule has 1 aromatic heterocycles. The van der Waals surface area contributed by atoms with Crippen LogP contribution in [0.4, 0.5) is 0 Å². The zero-order chi connectivity index (χ0) is 10.5. The number of hydrogen-bond acceptors (Lipinski definition) is 4. The molecule has 1 N–H and O–H groups in total. The number of nitrogens with zero attached hydrogens (tertiary/aromatic N) is 1. The van der Waals surface area contributed by atoms with Gasteiger partial charge in [-0.2, -0.15) is 0 Å². The van der Waals surface area contributed by atoms with E-state index in [4.69, 9.17) is 14.6 Å². The molecule has 82 valence electrons. The van der Waals surface area contributed by atoms with Crippen molar-refractivity contribution in [1.29, 1.82) is 0 Å². The first-order valence-electron chi connectivity index (χ1n) is 5.15. The smallest absolute Gasteiger partial charge is 0.122 e. The van der Waals surface area contributed by atoms with Gasteiger partial charge >= 0.3 is 0 Å². The van der Waals surface area contributed by atoms with Crippen LogP contribution in [-0.4, -0.2) is 29.9 Å². The summed E-state index contributed by atoms with van der Waals surface area (Å²) < 4.78 is 10.9. The monoisotopic (exact) mass is 209 g/mol. The maximum Gasteiger partial charge on any atom is 0.122 e. The van der Waals surface area contributed by atoms with Gasteiger partial charge in [-0.05, 0) is 12.5 Å². The van der Waals surface area contributed by atoms with E-state index in [9.17, 15) is 0 Å². The molecule has 0 amide bonds. The van der Waals surface area contributed by atoms with Gasteiger partial charge in [0.05, 0.1) is 25.5 Å². The van der Waals surface area contributed by atoms with E-state index in [1.165, 1.54) is 0 Å². The van der Waals surface area contributed by atoms with E-state index < -0.39 is 0 Å². The third-order valence-corrected chi connectivity index (χ3v) is 2.46. The fourth-order valence-electron chi connectivity index (χ4n) is 1.56. The number of hydrogen-bond donors (Lipinski definition) is 1. The van der Waals surface area contributed by atoms with E-state index in [0.717, 1.165) is 25.4 Å². The molecule has 1 aromatic rings. The number of pyridine rings is 1. The van der Waals surface area contributed by atoms with Gasteiger partial charge in [-0.1, -0.05) is 0 Å². The van der Waals surface area contributed by atoms with E-state index in [-0.39, 0.29) is 6.61 Å². The highest BCUT2D eigenvalue weighted by molar-refractivity contribution is 5.22. The van der Waals surface area contributed by atoms with Crippen molar-refractivity contribution in [1.82, 2.24) is 4.98 Å². The summed E-state index contributed by atoms with van der Waals surface area (Å²) in [4.78, 5) is 3.98. The van der Waals surface area contributed by atoms with Crippen molar-refractivity contribution in [3.63, 3.8) is 0 Å². The Bertz CT molecular complexity index is 310. The van der Waals surface area contributed by atoms with Crippen molar-refractivity contribution >= 4 is 0 Å². The molecule has 0 spiro atoms. The van der Waals surface area contributed by atoms with E-state index in [0.29, 0.717) is 18.2 Å². The fraction of sp³-hybridized carbons (Fsp3) is 0.545. The van der Waals surface area contributed by atoms with Crippen molar-refractivity contribution in [3.05, 3.63) is 24.0 Å². The molecular formula is C11H15NO3. The van der Waals surface area contributed by atoms with Gasteiger partial charge in [0.2, 0.25) is 0 Å². The van der Waals surface area contributed by atoms with Crippen molar-refractivity contribution < 1.29 is 14.6 Å². The van der Waals surface area contributed by atoms with Crippen molar-refractivity contribution in [2.45, 2.75) is 13.0 Å². The molecule has 1 aliphatic rings. The van der Waals surface area contributed by atoms with Crippen molar-refractivity contribution in [2.75, 3.05) is 19.8 Å². The van der Waals surface area contributed by atoms with Gasteiger partial charge in [0, 0.05) is 24.8 Å². The van der Waals surface area contributed by atoms with Crippen LogP contribution in [0.15, 0.2) is 18.3 Å². The van der Waals surface area contributed by atoms with E-state index in [1.54, 1.807) is 18.3 Å². The molecule has 0 bridgehead atoms. The Morgan fingerprint density at radius 2 is 2.53 bits per heavy atom. The van der Waals surface area contributed by atoms with Gasteiger partial charge in [0.25, 0.3) is 0 Å². The number of rotatable bonds is 4. The summed E-state index contributed by atoms with van der Waals surface area (Å²) in [5, 5.41) is 8.90. The topological polar surface area (TPSA) is 51.6 Å². The molecule has 1 aliphatic heterocycles. The number of ether oxygens (including phenoxy) is 2. The Labute approximate surface area is 88.9 Å². The highest BCUT2D eigenvalue weighted by Crippen LogP contribution is 2.16. The van der Waals surface area contributed by atoms with Gasteiger partial charge in [-0.25, -0.2) is 0 Å². The molecule has 4 nitrogen and oxygen atoms in total. The Balaban J connectivity index is 1.86. The fourth-order valence-corrected chi connectivity index (χ4v) is 1.56. The molecule has 15 heavy (non-hydrogen) atoms. The number of aliphatic hydroxyl groups is 1. The van der Waals surface area contributed by atoms with E-state index in [2.05, 4.69) is 4.98 Å². The normalized spacial score (nSPS) is 20.5. The lowest BCUT2D eigenvalue weighted by molar-refractivity contribution is 0.167. The molecule has 4 heteroatoms. The minimum atomic E-state index is -0.0518. The summed E-state index contributed by atoms with van der Waals surface area (Å²) >= 11 is 0. The second-order valence-corrected chi connectivity index (χ2v) is 3.68. The Kier molecular flexibility index (Phi) is 3.53. The summed E-state index contributed by atoms with van der Waals surface area (Å²) in [5.74, 6) is 1.26. The zero-order valence-corrected chi connectivity index (χ0v) is 8.56. The molecule has 2 rings (SSSR count). The van der Waals surface area contributed by atoms with Crippen LogP contribution in [0.25, 0.3) is 0 Å². The van der Waals surface area contributed by atoms with Gasteiger partial charge in [-0.3, -0.25) is 4.98 Å². The number of aromatic nitrogens is 1. The lowest BCUT2D eigenvalue weighted by Crippen LogP contribution is -2.11. The average Bonchev–Trinajstić information content (AvgIpc) is 2.79. The predicted octanol–water partition coefficient (Wildman–Crippen LogP) is 0.989. The first-order valence-corrected chi connectivity index (χ1v) is 5.15. The minimum Gasteiger partial charge on any atom is -0.493 e. The van der Waals surface area contributed by atoms with Gasteiger partial charge in [-0.15, -0.1) is 0 Å². The maximum absolute atomic E-state index is 8.90. The lowest BCUT2D eigenvalue weighted by atomic mass is 10.1. The quantitative estimate of drug-likeness (QED) is 0.803. The molecule has 1 atom stereocenters. The second-order valence-electron chi connectivity index (χ2n) is 3.68. The standard InChI is InChI=1S/C11H15NO3/c13-6-10-5-11(1-3-12-10)15-8-9-2-4-14-7-9/h1,3,5,9,13H,2,4,6-8H2. The van der Waals surface area contributed by atoms with Crippen LogP contribution in [0.1, 0.15) is 12.1 Å². The first-order chi connectivity index (χ1) is 7.38. The molecular weight excluding hydrogens is 194 g/mol. The van der Waals surface area contributed by atoms with Crippen LogP contribution in [0.3, 0.4) is 0 Å². The Morgan fingerprint density at radius 1 is 1.60 bits per heavy atom. The first kappa shape index (κ1) is 10.4. The van der Waals surface area contributed by atoms with Crippen molar-refractivity contribution in [2.24, 2.45) is 5.92 Å². The van der Waals surface area contributed by atoms with Crippen LogP contribution in [0, 0.1) is 5.92 Å². The van der Waals surface area contributed by atoms with E-state index >= 15 is 0 Å². The van der Waals surface area contributed by atoms with Crippen LogP contribution < -0.4 is 4.74 Å². The van der Waals surface area contributed by atoms with Gasteiger partial charge in [0.1, 0.15) is 5.75 Å². The van der Waals surface area contributed by atoms with Crippen LogP contribution in [-0.2, 0) is 11.3 Å². The summed E-state index contributed by atoms with van der Waals surface area (Å²) in [7, 11) is 0. The summed E-state index contributed by atoms with van der Waals surface area (Å²) in [6.07, 6.45) is 2.71. The van der Waals surface area contributed by atoms with Crippen molar-refractivity contribution in [3.8, 4) is 5.75 Å². The van der Waals surface area contributed by atoms with Gasteiger partial charge in [0.15, 0.2) is 0 Å². The second kappa shape index (κ2) is 5.09. The predicted molar refractivity (Wildman–Crippen MR) is 54.6 cm³/mol. The van der Waals surface area contributed by atoms with Gasteiger partial charge < -0.3 is 14.6 Å². The van der Waals surface area contributed by atoms with Crippen LogP contribution in [0.5, 0.6) is 5.75 Å². The third kappa shape index (κ3) is 2.91. The van der Waals surface area contributed by atoms with E-state index in [1.807, 2.05) is 0 Å². The summed E-state index contributed by atoms with van der Waals surface area (Å²) in [6, 6.07) is 3.56. The molecule has 1 saturated heterocycles. The van der Waals surface area contributed by atoms with Crippen LogP contribution in [0.2, 0.25) is 0 Å². The SMILES string of the molecule is OCc1cc(OCC2CCOC2)ccn1. The third-order valence-electron chi connectivity index (χ3n) is 2.46. The van der Waals surface area contributed by atoms with Crippen LogP contribution >= 0.6 is 0 Å². The Morgan fingerprint density at radius 3 is 3.27 bits per heavy atom.